The Balaban J connectivity index is 2.09. The molecular formula is C16H34N2. The van der Waals surface area contributed by atoms with E-state index < -0.39 is 0 Å². The smallest absolute Gasteiger partial charge is 0.0215 e. The fourth-order valence-corrected chi connectivity index (χ4v) is 2.50. The Morgan fingerprint density at radius 3 is 1.78 bits per heavy atom. The summed E-state index contributed by atoms with van der Waals surface area (Å²) in [5.41, 5.74) is 3.74. The van der Waals surface area contributed by atoms with E-state index in [-0.39, 0.29) is 0 Å². The van der Waals surface area contributed by atoms with Crippen molar-refractivity contribution in [3.8, 4) is 0 Å². The summed E-state index contributed by atoms with van der Waals surface area (Å²) in [6, 6.07) is 0.794. The van der Waals surface area contributed by atoms with Crippen molar-refractivity contribution >= 4 is 0 Å². The molecule has 1 aliphatic carbocycles. The number of rotatable bonds is 12. The first-order valence-corrected chi connectivity index (χ1v) is 8.38. The van der Waals surface area contributed by atoms with Crippen molar-refractivity contribution in [3.63, 3.8) is 0 Å². The maximum atomic E-state index is 3.74. The quantitative estimate of drug-likeness (QED) is 0.407. The van der Waals surface area contributed by atoms with Gasteiger partial charge in [0.15, 0.2) is 0 Å². The molecule has 0 amide bonds. The zero-order valence-corrected chi connectivity index (χ0v) is 12.7. The fraction of sp³-hybridized carbons (Fsp3) is 1.00. The SMILES string of the molecule is CCCCCCN(CCCCCC)NC1CCC1. The third-order valence-electron chi connectivity index (χ3n) is 4.03. The van der Waals surface area contributed by atoms with E-state index in [0.717, 1.165) is 6.04 Å². The Morgan fingerprint density at radius 1 is 0.833 bits per heavy atom. The van der Waals surface area contributed by atoms with E-state index in [2.05, 4.69) is 24.3 Å². The van der Waals surface area contributed by atoms with Crippen LogP contribution in [0.15, 0.2) is 0 Å². The molecule has 0 radical (unpaired) electrons. The van der Waals surface area contributed by atoms with Crippen LogP contribution >= 0.6 is 0 Å². The molecule has 0 bridgehead atoms. The lowest BCUT2D eigenvalue weighted by atomic mass is 9.94. The number of nitrogens with zero attached hydrogens (tertiary/aromatic N) is 1. The summed E-state index contributed by atoms with van der Waals surface area (Å²) in [5.74, 6) is 0. The van der Waals surface area contributed by atoms with Gasteiger partial charge in [0.25, 0.3) is 0 Å². The maximum Gasteiger partial charge on any atom is 0.0215 e. The minimum atomic E-state index is 0.794. The first-order chi connectivity index (χ1) is 8.86. The minimum Gasteiger partial charge on any atom is -0.252 e. The average Bonchev–Trinajstić information content (AvgIpc) is 2.33. The lowest BCUT2D eigenvalue weighted by molar-refractivity contribution is 0.117. The molecule has 108 valence electrons. The van der Waals surface area contributed by atoms with E-state index in [1.165, 1.54) is 83.7 Å². The summed E-state index contributed by atoms with van der Waals surface area (Å²) in [4.78, 5) is 0. The van der Waals surface area contributed by atoms with Gasteiger partial charge in [-0.1, -0.05) is 58.8 Å². The molecular weight excluding hydrogens is 220 g/mol. The van der Waals surface area contributed by atoms with Gasteiger partial charge in [-0.05, 0) is 25.7 Å². The lowest BCUT2D eigenvalue weighted by Gasteiger charge is -2.34. The normalized spacial score (nSPS) is 16.2. The maximum absolute atomic E-state index is 3.74. The van der Waals surface area contributed by atoms with Crippen molar-refractivity contribution in [2.24, 2.45) is 0 Å². The Hall–Kier alpha value is -0.0800. The van der Waals surface area contributed by atoms with E-state index in [1.807, 2.05) is 0 Å². The van der Waals surface area contributed by atoms with Gasteiger partial charge in [-0.15, -0.1) is 0 Å². The molecule has 0 aromatic carbocycles. The van der Waals surface area contributed by atoms with E-state index in [0.29, 0.717) is 0 Å². The number of unbranched alkanes of at least 4 members (excludes halogenated alkanes) is 6. The summed E-state index contributed by atoms with van der Waals surface area (Å²) >= 11 is 0. The van der Waals surface area contributed by atoms with Crippen LogP contribution in [0.5, 0.6) is 0 Å². The van der Waals surface area contributed by atoms with Crippen LogP contribution in [0.2, 0.25) is 0 Å². The second kappa shape index (κ2) is 10.8. The number of hydrazine groups is 1. The largest absolute Gasteiger partial charge is 0.252 e. The Morgan fingerprint density at radius 2 is 1.39 bits per heavy atom. The molecule has 2 heteroatoms. The lowest BCUT2D eigenvalue weighted by Crippen LogP contribution is -2.48. The van der Waals surface area contributed by atoms with Crippen LogP contribution in [0.4, 0.5) is 0 Å². The summed E-state index contributed by atoms with van der Waals surface area (Å²) in [7, 11) is 0. The standard InChI is InChI=1S/C16H34N2/c1-3-5-7-9-14-18(15-10-8-6-4-2)17-16-12-11-13-16/h16-17H,3-15H2,1-2H3. The van der Waals surface area contributed by atoms with Gasteiger partial charge < -0.3 is 0 Å². The van der Waals surface area contributed by atoms with Crippen LogP contribution < -0.4 is 5.43 Å². The molecule has 1 rings (SSSR count). The van der Waals surface area contributed by atoms with Gasteiger partial charge in [0.05, 0.1) is 0 Å². The molecule has 0 saturated heterocycles. The van der Waals surface area contributed by atoms with Crippen LogP contribution in [-0.2, 0) is 0 Å². The highest BCUT2D eigenvalue weighted by Crippen LogP contribution is 2.18. The Kier molecular flexibility index (Phi) is 9.59. The molecule has 18 heavy (non-hydrogen) atoms. The minimum absolute atomic E-state index is 0.794. The molecule has 0 unspecified atom stereocenters. The molecule has 0 aromatic heterocycles. The van der Waals surface area contributed by atoms with Gasteiger partial charge in [-0.2, -0.15) is 0 Å². The van der Waals surface area contributed by atoms with Gasteiger partial charge in [-0.3, -0.25) is 5.43 Å². The summed E-state index contributed by atoms with van der Waals surface area (Å²) < 4.78 is 0. The van der Waals surface area contributed by atoms with Gasteiger partial charge in [-0.25, -0.2) is 5.01 Å². The van der Waals surface area contributed by atoms with Crippen LogP contribution in [0.1, 0.15) is 84.5 Å². The number of hydrogen-bond acceptors (Lipinski definition) is 2. The predicted octanol–water partition coefficient (Wildman–Crippen LogP) is 4.51. The van der Waals surface area contributed by atoms with Gasteiger partial charge in [0, 0.05) is 19.1 Å². The third-order valence-corrected chi connectivity index (χ3v) is 4.03. The van der Waals surface area contributed by atoms with E-state index >= 15 is 0 Å². The van der Waals surface area contributed by atoms with E-state index in [4.69, 9.17) is 0 Å². The molecule has 0 atom stereocenters. The van der Waals surface area contributed by atoms with Crippen molar-refractivity contribution < 1.29 is 0 Å². The van der Waals surface area contributed by atoms with Crippen LogP contribution in [0.25, 0.3) is 0 Å². The van der Waals surface area contributed by atoms with Gasteiger partial charge in [0.1, 0.15) is 0 Å². The highest BCUT2D eigenvalue weighted by atomic mass is 15.5. The molecule has 0 spiro atoms. The summed E-state index contributed by atoms with van der Waals surface area (Å²) in [5, 5.41) is 2.52. The zero-order chi connectivity index (χ0) is 13.1. The Bertz CT molecular complexity index is 166. The molecule has 0 heterocycles. The molecule has 1 fully saturated rings. The topological polar surface area (TPSA) is 15.3 Å². The first kappa shape index (κ1) is 16.0. The molecule has 1 saturated carbocycles. The van der Waals surface area contributed by atoms with Crippen molar-refractivity contribution in [1.82, 2.24) is 10.4 Å². The van der Waals surface area contributed by atoms with Crippen LogP contribution in [0, 0.1) is 0 Å². The Labute approximate surface area is 114 Å². The van der Waals surface area contributed by atoms with E-state index in [1.54, 1.807) is 0 Å². The second-order valence-electron chi connectivity index (χ2n) is 5.87. The monoisotopic (exact) mass is 254 g/mol. The molecule has 2 nitrogen and oxygen atoms in total. The number of hydrogen-bond donors (Lipinski definition) is 1. The number of nitrogens with one attached hydrogen (secondary N) is 1. The third kappa shape index (κ3) is 7.38. The molecule has 0 aromatic rings. The molecule has 1 N–H and O–H groups in total. The zero-order valence-electron chi connectivity index (χ0n) is 12.7. The van der Waals surface area contributed by atoms with Crippen molar-refractivity contribution in [2.45, 2.75) is 90.5 Å². The van der Waals surface area contributed by atoms with Gasteiger partial charge in [0.2, 0.25) is 0 Å². The van der Waals surface area contributed by atoms with E-state index in [9.17, 15) is 0 Å². The molecule has 0 aliphatic heterocycles. The van der Waals surface area contributed by atoms with Gasteiger partial charge >= 0.3 is 0 Å². The molecule has 1 aliphatic rings. The van der Waals surface area contributed by atoms with Crippen molar-refractivity contribution in [1.29, 1.82) is 0 Å². The predicted molar refractivity (Wildman–Crippen MR) is 80.6 cm³/mol. The second-order valence-corrected chi connectivity index (χ2v) is 5.87. The fourth-order valence-electron chi connectivity index (χ4n) is 2.50. The van der Waals surface area contributed by atoms with Crippen LogP contribution in [-0.4, -0.2) is 24.1 Å². The highest BCUT2D eigenvalue weighted by molar-refractivity contribution is 4.75. The van der Waals surface area contributed by atoms with Crippen molar-refractivity contribution in [3.05, 3.63) is 0 Å². The summed E-state index contributed by atoms with van der Waals surface area (Å²) in [6.07, 6.45) is 15.2. The highest BCUT2D eigenvalue weighted by Gasteiger charge is 2.19. The van der Waals surface area contributed by atoms with Crippen molar-refractivity contribution in [2.75, 3.05) is 13.1 Å². The average molecular weight is 254 g/mol. The van der Waals surface area contributed by atoms with Crippen LogP contribution in [0.3, 0.4) is 0 Å². The summed E-state index contributed by atoms with van der Waals surface area (Å²) in [6.45, 7) is 7.08. The first-order valence-electron chi connectivity index (χ1n) is 8.38.